The topological polar surface area (TPSA) is 36.7 Å². The molecule has 1 heterocycles. The van der Waals surface area contributed by atoms with Gasteiger partial charge in [-0.15, -0.1) is 0 Å². The first-order valence-corrected chi connectivity index (χ1v) is 3.73. The van der Waals surface area contributed by atoms with Crippen LogP contribution in [0.3, 0.4) is 0 Å². The fourth-order valence-corrected chi connectivity index (χ4v) is 1.05. The average Bonchev–Trinajstić information content (AvgIpc) is 2.14. The smallest absolute Gasteiger partial charge is 0.227 e. The SMILES string of the molecule is N#Cc1c(C(F)F)cnc(F)c1C(F)(F)F. The standard InChI is InChI=1S/C8H2F6N2/c9-6(10)4-2-16-7(11)5(3(4)1-15)8(12,13)14/h2,6H. The zero-order chi connectivity index (χ0) is 12.5. The summed E-state index contributed by atoms with van der Waals surface area (Å²) in [5.74, 6) is -1.99. The molecule has 0 aliphatic carbocycles. The minimum atomic E-state index is -5.24. The summed E-state index contributed by atoms with van der Waals surface area (Å²) < 4.78 is 74.0. The van der Waals surface area contributed by atoms with Crippen LogP contribution >= 0.6 is 0 Å². The summed E-state index contributed by atoms with van der Waals surface area (Å²) in [6.07, 6.45) is -8.36. The molecule has 0 aliphatic heterocycles. The molecule has 86 valence electrons. The molecule has 8 heteroatoms. The lowest BCUT2D eigenvalue weighted by molar-refractivity contribution is -0.140. The lowest BCUT2D eigenvalue weighted by Gasteiger charge is -2.11. The number of nitrogens with zero attached hydrogens (tertiary/aromatic N) is 2. The van der Waals surface area contributed by atoms with E-state index in [1.165, 1.54) is 0 Å². The first-order valence-electron chi connectivity index (χ1n) is 3.73. The highest BCUT2D eigenvalue weighted by Gasteiger charge is 2.40. The number of hydrogen-bond acceptors (Lipinski definition) is 2. The lowest BCUT2D eigenvalue weighted by atomic mass is 10.1. The van der Waals surface area contributed by atoms with E-state index in [-0.39, 0.29) is 6.20 Å². The largest absolute Gasteiger partial charge is 0.422 e. The maximum atomic E-state index is 12.7. The van der Waals surface area contributed by atoms with Gasteiger partial charge in [-0.3, -0.25) is 0 Å². The van der Waals surface area contributed by atoms with Crippen LogP contribution in [-0.2, 0) is 6.18 Å². The van der Waals surface area contributed by atoms with E-state index >= 15 is 0 Å². The third kappa shape index (κ3) is 2.08. The lowest BCUT2D eigenvalue weighted by Crippen LogP contribution is -2.14. The molecule has 0 atom stereocenters. The van der Waals surface area contributed by atoms with E-state index in [9.17, 15) is 26.3 Å². The molecule has 1 aromatic heterocycles. The minimum absolute atomic E-state index is 0.216. The van der Waals surface area contributed by atoms with Crippen molar-refractivity contribution in [1.29, 1.82) is 5.26 Å². The third-order valence-corrected chi connectivity index (χ3v) is 1.69. The van der Waals surface area contributed by atoms with E-state index in [1.54, 1.807) is 0 Å². The van der Waals surface area contributed by atoms with Gasteiger partial charge in [-0.2, -0.15) is 22.8 Å². The van der Waals surface area contributed by atoms with Gasteiger partial charge < -0.3 is 0 Å². The molecule has 16 heavy (non-hydrogen) atoms. The van der Waals surface area contributed by atoms with Crippen molar-refractivity contribution < 1.29 is 26.3 Å². The molecule has 1 rings (SSSR count). The quantitative estimate of drug-likeness (QED) is 0.558. The van der Waals surface area contributed by atoms with Crippen LogP contribution in [-0.4, -0.2) is 4.98 Å². The molecule has 0 saturated heterocycles. The Hall–Kier alpha value is -1.78. The average molecular weight is 240 g/mol. The Morgan fingerprint density at radius 3 is 2.25 bits per heavy atom. The molecule has 2 nitrogen and oxygen atoms in total. The van der Waals surface area contributed by atoms with Crippen LogP contribution in [0.2, 0.25) is 0 Å². The highest BCUT2D eigenvalue weighted by atomic mass is 19.4. The third-order valence-electron chi connectivity index (χ3n) is 1.69. The van der Waals surface area contributed by atoms with Crippen LogP contribution < -0.4 is 0 Å². The van der Waals surface area contributed by atoms with Gasteiger partial charge in [-0.05, 0) is 0 Å². The van der Waals surface area contributed by atoms with Crippen LogP contribution in [0, 0.1) is 17.3 Å². The van der Waals surface area contributed by atoms with Crippen molar-refractivity contribution in [2.75, 3.05) is 0 Å². The first-order chi connectivity index (χ1) is 7.29. The number of aromatic nitrogens is 1. The molecule has 1 aromatic rings. The Kier molecular flexibility index (Phi) is 3.07. The van der Waals surface area contributed by atoms with Crippen molar-refractivity contribution in [2.45, 2.75) is 12.6 Å². The number of nitriles is 1. The van der Waals surface area contributed by atoms with E-state index in [1.807, 2.05) is 0 Å². The summed E-state index contributed by atoms with van der Waals surface area (Å²) in [6, 6.07) is 0.913. The summed E-state index contributed by atoms with van der Waals surface area (Å²) in [7, 11) is 0. The molecule has 0 N–H and O–H groups in total. The Labute approximate surface area is 85.1 Å². The fourth-order valence-electron chi connectivity index (χ4n) is 1.05. The molecule has 0 aliphatic rings. The summed E-state index contributed by atoms with van der Waals surface area (Å²) in [6.45, 7) is 0. The number of halogens is 6. The second kappa shape index (κ2) is 4.00. The number of pyridine rings is 1. The second-order valence-electron chi connectivity index (χ2n) is 2.66. The zero-order valence-electron chi connectivity index (χ0n) is 7.32. The van der Waals surface area contributed by atoms with Crippen molar-refractivity contribution in [1.82, 2.24) is 4.98 Å². The van der Waals surface area contributed by atoms with Crippen LogP contribution in [0.5, 0.6) is 0 Å². The second-order valence-corrected chi connectivity index (χ2v) is 2.66. The Morgan fingerprint density at radius 2 is 1.88 bits per heavy atom. The molecular formula is C8H2F6N2. The molecular weight excluding hydrogens is 238 g/mol. The van der Waals surface area contributed by atoms with Gasteiger partial charge in [0.05, 0.1) is 11.1 Å². The minimum Gasteiger partial charge on any atom is -0.227 e. The summed E-state index contributed by atoms with van der Waals surface area (Å²) in [4.78, 5) is 2.56. The first kappa shape index (κ1) is 12.3. The van der Waals surface area contributed by atoms with Gasteiger partial charge in [-0.1, -0.05) is 0 Å². The molecule has 0 unspecified atom stereocenters. The van der Waals surface area contributed by atoms with Crippen molar-refractivity contribution >= 4 is 0 Å². The van der Waals surface area contributed by atoms with Crippen molar-refractivity contribution in [2.24, 2.45) is 0 Å². The summed E-state index contributed by atoms with van der Waals surface area (Å²) in [5, 5.41) is 8.36. The van der Waals surface area contributed by atoms with Crippen LogP contribution in [0.4, 0.5) is 26.3 Å². The van der Waals surface area contributed by atoms with Crippen molar-refractivity contribution in [3.05, 3.63) is 28.8 Å². The monoisotopic (exact) mass is 240 g/mol. The number of hydrogen-bond donors (Lipinski definition) is 0. The number of alkyl halides is 5. The predicted molar refractivity (Wildman–Crippen MR) is 38.9 cm³/mol. The highest BCUT2D eigenvalue weighted by molar-refractivity contribution is 5.44. The molecule has 0 bridgehead atoms. The van der Waals surface area contributed by atoms with Gasteiger partial charge in [-0.25, -0.2) is 13.8 Å². The molecule has 0 fully saturated rings. The molecule has 0 radical (unpaired) electrons. The van der Waals surface area contributed by atoms with Gasteiger partial charge in [0.2, 0.25) is 5.95 Å². The molecule has 0 spiro atoms. The molecule has 0 aromatic carbocycles. The van der Waals surface area contributed by atoms with Crippen LogP contribution in [0.15, 0.2) is 6.20 Å². The van der Waals surface area contributed by atoms with Gasteiger partial charge in [0.15, 0.2) is 0 Å². The maximum absolute atomic E-state index is 12.7. The van der Waals surface area contributed by atoms with Crippen molar-refractivity contribution in [3.63, 3.8) is 0 Å². The normalized spacial score (nSPS) is 11.6. The van der Waals surface area contributed by atoms with Gasteiger partial charge in [0.1, 0.15) is 11.6 Å². The zero-order valence-corrected chi connectivity index (χ0v) is 7.32. The molecule has 0 amide bonds. The summed E-state index contributed by atoms with van der Waals surface area (Å²) in [5.41, 5.74) is -4.74. The summed E-state index contributed by atoms with van der Waals surface area (Å²) >= 11 is 0. The van der Waals surface area contributed by atoms with E-state index in [0.717, 1.165) is 6.07 Å². The maximum Gasteiger partial charge on any atom is 0.422 e. The van der Waals surface area contributed by atoms with Gasteiger partial charge in [0, 0.05) is 6.20 Å². The van der Waals surface area contributed by atoms with E-state index in [4.69, 9.17) is 5.26 Å². The van der Waals surface area contributed by atoms with Gasteiger partial charge >= 0.3 is 6.18 Å². The van der Waals surface area contributed by atoms with Gasteiger partial charge in [0.25, 0.3) is 6.43 Å². The Bertz CT molecular complexity index is 445. The fraction of sp³-hybridized carbons (Fsp3) is 0.250. The van der Waals surface area contributed by atoms with E-state index < -0.39 is 35.2 Å². The Morgan fingerprint density at radius 1 is 1.31 bits per heavy atom. The highest BCUT2D eigenvalue weighted by Crippen LogP contribution is 2.36. The molecule has 0 saturated carbocycles. The van der Waals surface area contributed by atoms with Crippen molar-refractivity contribution in [3.8, 4) is 6.07 Å². The Balaban J connectivity index is 3.60. The van der Waals surface area contributed by atoms with E-state index in [2.05, 4.69) is 4.98 Å². The predicted octanol–water partition coefficient (Wildman–Crippen LogP) is 3.05. The van der Waals surface area contributed by atoms with E-state index in [0.29, 0.717) is 0 Å². The van der Waals surface area contributed by atoms with Crippen LogP contribution in [0.25, 0.3) is 0 Å². The number of rotatable bonds is 1. The van der Waals surface area contributed by atoms with Crippen LogP contribution in [0.1, 0.15) is 23.1 Å².